The Balaban J connectivity index is 1.85. The van der Waals surface area contributed by atoms with Gasteiger partial charge in [-0.1, -0.05) is 19.8 Å². The molecular weight excluding hydrogens is 234 g/mol. The first kappa shape index (κ1) is 13.3. The molecule has 0 bridgehead atoms. The zero-order valence-electron chi connectivity index (χ0n) is 10.7. The predicted molar refractivity (Wildman–Crippen MR) is 64.5 cm³/mol. The second kappa shape index (κ2) is 5.69. The maximum atomic E-state index is 12.0. The molecule has 2 aliphatic rings. The number of carbonyl (C=O) groups excluding carboxylic acids is 1. The van der Waals surface area contributed by atoms with Gasteiger partial charge in [0.25, 0.3) is 0 Å². The van der Waals surface area contributed by atoms with Gasteiger partial charge in [-0.3, -0.25) is 14.4 Å². The molecule has 0 aromatic rings. The van der Waals surface area contributed by atoms with Crippen molar-refractivity contribution in [2.75, 3.05) is 0 Å². The van der Waals surface area contributed by atoms with Crippen molar-refractivity contribution in [2.24, 2.45) is 17.8 Å². The first-order valence-corrected chi connectivity index (χ1v) is 6.76. The molecule has 2 rings (SSSR count). The lowest BCUT2D eigenvalue weighted by Gasteiger charge is -2.17. The maximum absolute atomic E-state index is 12.0. The third-order valence-electron chi connectivity index (χ3n) is 4.08. The maximum Gasteiger partial charge on any atom is 0.307 e. The van der Waals surface area contributed by atoms with E-state index in [-0.39, 0.29) is 17.9 Å². The minimum Gasteiger partial charge on any atom is -0.481 e. The molecule has 102 valence electrons. The van der Waals surface area contributed by atoms with E-state index < -0.39 is 17.8 Å². The summed E-state index contributed by atoms with van der Waals surface area (Å²) in [4.78, 5) is 28.4. The molecule has 18 heavy (non-hydrogen) atoms. The highest BCUT2D eigenvalue weighted by Crippen LogP contribution is 2.36. The van der Waals surface area contributed by atoms with E-state index >= 15 is 0 Å². The van der Waals surface area contributed by atoms with Crippen molar-refractivity contribution in [3.8, 4) is 0 Å². The number of rotatable bonds is 4. The van der Waals surface area contributed by atoms with Crippen LogP contribution in [0.4, 0.5) is 0 Å². The van der Waals surface area contributed by atoms with Gasteiger partial charge in [0.05, 0.1) is 17.9 Å². The number of nitrogens with one attached hydrogen (secondary N) is 1. The molecule has 0 spiro atoms. The standard InChI is InChI=1S/C13H21NO4/c1-8-6-10(11(7-8)13(16)17)12(15)14-18-9-4-2-3-5-9/h8-11H,2-7H2,1H3,(H,14,15)(H,16,17). The van der Waals surface area contributed by atoms with E-state index in [1.54, 1.807) is 0 Å². The van der Waals surface area contributed by atoms with Gasteiger partial charge in [0.2, 0.25) is 5.91 Å². The highest BCUT2D eigenvalue weighted by Gasteiger charge is 2.41. The second-order valence-corrected chi connectivity index (χ2v) is 5.62. The van der Waals surface area contributed by atoms with Crippen LogP contribution in [0.3, 0.4) is 0 Å². The van der Waals surface area contributed by atoms with Crippen LogP contribution in [0, 0.1) is 17.8 Å². The van der Waals surface area contributed by atoms with Crippen LogP contribution in [0.1, 0.15) is 45.4 Å². The molecule has 0 aromatic carbocycles. The molecular formula is C13H21NO4. The van der Waals surface area contributed by atoms with E-state index in [4.69, 9.17) is 9.94 Å². The highest BCUT2D eigenvalue weighted by molar-refractivity contribution is 5.84. The number of amides is 1. The monoisotopic (exact) mass is 255 g/mol. The Morgan fingerprint density at radius 1 is 1.17 bits per heavy atom. The molecule has 2 fully saturated rings. The Hall–Kier alpha value is -1.10. The molecule has 0 heterocycles. The lowest BCUT2D eigenvalue weighted by atomic mass is 9.96. The smallest absolute Gasteiger partial charge is 0.307 e. The Bertz CT molecular complexity index is 325. The molecule has 0 aliphatic heterocycles. The van der Waals surface area contributed by atoms with Gasteiger partial charge in [0.1, 0.15) is 0 Å². The molecule has 3 unspecified atom stereocenters. The van der Waals surface area contributed by atoms with Gasteiger partial charge in [0.15, 0.2) is 0 Å². The van der Waals surface area contributed by atoms with E-state index in [9.17, 15) is 9.59 Å². The zero-order chi connectivity index (χ0) is 13.1. The summed E-state index contributed by atoms with van der Waals surface area (Å²) in [5.74, 6) is -1.86. The van der Waals surface area contributed by atoms with Crippen LogP contribution in [0.25, 0.3) is 0 Å². The summed E-state index contributed by atoms with van der Waals surface area (Å²) in [6, 6.07) is 0. The van der Waals surface area contributed by atoms with E-state index in [0.717, 1.165) is 25.7 Å². The predicted octanol–water partition coefficient (Wildman–Crippen LogP) is 1.72. The van der Waals surface area contributed by atoms with Crippen molar-refractivity contribution in [3.63, 3.8) is 0 Å². The molecule has 0 aromatic heterocycles. The summed E-state index contributed by atoms with van der Waals surface area (Å²) < 4.78 is 0. The van der Waals surface area contributed by atoms with Gasteiger partial charge in [-0.25, -0.2) is 5.48 Å². The van der Waals surface area contributed by atoms with Crippen LogP contribution < -0.4 is 5.48 Å². The van der Waals surface area contributed by atoms with Gasteiger partial charge in [-0.2, -0.15) is 0 Å². The summed E-state index contributed by atoms with van der Waals surface area (Å²) in [5.41, 5.74) is 2.47. The van der Waals surface area contributed by atoms with Crippen LogP contribution in [0.15, 0.2) is 0 Å². The number of hydrogen-bond donors (Lipinski definition) is 2. The third kappa shape index (κ3) is 3.02. The van der Waals surface area contributed by atoms with Crippen LogP contribution in [0.2, 0.25) is 0 Å². The molecule has 0 radical (unpaired) electrons. The average molecular weight is 255 g/mol. The van der Waals surface area contributed by atoms with Crippen LogP contribution in [0.5, 0.6) is 0 Å². The fourth-order valence-corrected chi connectivity index (χ4v) is 3.08. The number of carbonyl (C=O) groups is 2. The molecule has 0 saturated heterocycles. The fourth-order valence-electron chi connectivity index (χ4n) is 3.08. The second-order valence-electron chi connectivity index (χ2n) is 5.62. The zero-order valence-corrected chi connectivity index (χ0v) is 10.7. The van der Waals surface area contributed by atoms with Gasteiger partial charge in [-0.15, -0.1) is 0 Å². The van der Waals surface area contributed by atoms with Gasteiger partial charge < -0.3 is 5.11 Å². The van der Waals surface area contributed by atoms with Crippen molar-refractivity contribution in [2.45, 2.75) is 51.6 Å². The summed E-state index contributed by atoms with van der Waals surface area (Å²) >= 11 is 0. The Morgan fingerprint density at radius 2 is 1.78 bits per heavy atom. The molecule has 2 saturated carbocycles. The lowest BCUT2D eigenvalue weighted by molar-refractivity contribution is -0.151. The number of hydroxylamine groups is 1. The number of aliphatic carboxylic acids is 1. The molecule has 3 atom stereocenters. The minimum absolute atomic E-state index is 0.107. The summed E-state index contributed by atoms with van der Waals surface area (Å²) in [6.45, 7) is 1.99. The molecule has 2 N–H and O–H groups in total. The number of carboxylic acid groups (broad SMARTS) is 1. The third-order valence-corrected chi connectivity index (χ3v) is 4.08. The first-order valence-electron chi connectivity index (χ1n) is 6.76. The van der Waals surface area contributed by atoms with Gasteiger partial charge in [0, 0.05) is 0 Å². The normalized spacial score (nSPS) is 32.6. The fraction of sp³-hybridized carbons (Fsp3) is 0.846. The van der Waals surface area contributed by atoms with E-state index in [0.29, 0.717) is 12.8 Å². The SMILES string of the molecule is CC1CC(C(=O)O)C(C(=O)NOC2CCCC2)C1. The minimum atomic E-state index is -0.875. The lowest BCUT2D eigenvalue weighted by Crippen LogP contribution is -2.37. The Morgan fingerprint density at radius 3 is 2.39 bits per heavy atom. The van der Waals surface area contributed by atoms with Gasteiger partial charge in [-0.05, 0) is 31.6 Å². The topological polar surface area (TPSA) is 75.6 Å². The van der Waals surface area contributed by atoms with Gasteiger partial charge >= 0.3 is 5.97 Å². The molecule has 5 heteroatoms. The molecule has 5 nitrogen and oxygen atoms in total. The van der Waals surface area contributed by atoms with Crippen LogP contribution in [-0.2, 0) is 14.4 Å². The highest BCUT2D eigenvalue weighted by atomic mass is 16.7. The van der Waals surface area contributed by atoms with Crippen molar-refractivity contribution in [3.05, 3.63) is 0 Å². The summed E-state index contributed by atoms with van der Waals surface area (Å²) in [7, 11) is 0. The van der Waals surface area contributed by atoms with Crippen molar-refractivity contribution < 1.29 is 19.5 Å². The Kier molecular flexibility index (Phi) is 4.22. The average Bonchev–Trinajstić information content (AvgIpc) is 2.94. The van der Waals surface area contributed by atoms with E-state index in [1.807, 2.05) is 6.92 Å². The summed E-state index contributed by atoms with van der Waals surface area (Å²) in [5, 5.41) is 9.11. The first-order chi connectivity index (χ1) is 8.58. The van der Waals surface area contributed by atoms with E-state index in [1.165, 1.54) is 0 Å². The number of hydrogen-bond acceptors (Lipinski definition) is 3. The molecule has 1 amide bonds. The van der Waals surface area contributed by atoms with Crippen LogP contribution >= 0.6 is 0 Å². The van der Waals surface area contributed by atoms with Crippen LogP contribution in [-0.4, -0.2) is 23.1 Å². The number of carboxylic acids is 1. The van der Waals surface area contributed by atoms with Crippen molar-refractivity contribution in [1.29, 1.82) is 0 Å². The van der Waals surface area contributed by atoms with Crippen molar-refractivity contribution in [1.82, 2.24) is 5.48 Å². The Labute approximate surface area is 107 Å². The molecule has 2 aliphatic carbocycles. The van der Waals surface area contributed by atoms with E-state index in [2.05, 4.69) is 5.48 Å². The van der Waals surface area contributed by atoms with Crippen molar-refractivity contribution >= 4 is 11.9 Å². The summed E-state index contributed by atoms with van der Waals surface area (Å²) in [6.07, 6.45) is 5.55. The quantitative estimate of drug-likeness (QED) is 0.750. The largest absolute Gasteiger partial charge is 0.481 e.